The average Bonchev–Trinajstić information content (AvgIpc) is 3.09. The van der Waals surface area contributed by atoms with Crippen molar-refractivity contribution in [1.29, 1.82) is 0 Å². The summed E-state index contributed by atoms with van der Waals surface area (Å²) < 4.78 is 28.2. The Kier molecular flexibility index (Phi) is 6.03. The maximum atomic E-state index is 12.8. The number of nitrogens with zero attached hydrogens (tertiary/aromatic N) is 5. The number of non-ortho nitro benzene ring substituents is 1. The van der Waals surface area contributed by atoms with Gasteiger partial charge in [0.25, 0.3) is 11.2 Å². The number of thiophene rings is 1. The number of amides is 1. The second kappa shape index (κ2) is 8.65. The Bertz CT molecular complexity index is 1400. The first kappa shape index (κ1) is 23.0. The summed E-state index contributed by atoms with van der Waals surface area (Å²) in [5, 5.41) is 11.3. The molecule has 33 heavy (non-hydrogen) atoms. The minimum absolute atomic E-state index is 0.0415. The fraction of sp³-hybridized carbons (Fsp3) is 0.350. The molecule has 4 rings (SSSR count). The third-order valence-corrected chi connectivity index (χ3v) is 8.77. The van der Waals surface area contributed by atoms with Crippen molar-refractivity contribution in [3.8, 4) is 0 Å². The van der Waals surface area contributed by atoms with E-state index >= 15 is 0 Å². The Morgan fingerprint density at radius 3 is 2.39 bits per heavy atom. The Hall–Kier alpha value is -3.16. The molecule has 2 aromatic heterocycles. The van der Waals surface area contributed by atoms with E-state index in [1.165, 1.54) is 43.6 Å². The number of aromatic nitrogens is 2. The molecule has 0 saturated carbocycles. The van der Waals surface area contributed by atoms with Gasteiger partial charge in [0.1, 0.15) is 11.4 Å². The third kappa shape index (κ3) is 4.26. The minimum Gasteiger partial charge on any atom is -0.338 e. The zero-order valence-electron chi connectivity index (χ0n) is 17.9. The fourth-order valence-corrected chi connectivity index (χ4v) is 6.10. The predicted molar refractivity (Wildman–Crippen MR) is 122 cm³/mol. The van der Waals surface area contributed by atoms with Gasteiger partial charge in [-0.1, -0.05) is 0 Å². The number of hydrogen-bond donors (Lipinski definition) is 0. The molecule has 1 amide bonds. The second-order valence-corrected chi connectivity index (χ2v) is 10.8. The Balaban J connectivity index is 1.43. The Morgan fingerprint density at radius 1 is 1.15 bits per heavy atom. The van der Waals surface area contributed by atoms with Crippen LogP contribution in [-0.2, 0) is 21.4 Å². The number of aryl methyl sites for hydroxylation is 2. The molecule has 174 valence electrons. The first-order valence-corrected chi connectivity index (χ1v) is 12.3. The van der Waals surface area contributed by atoms with Gasteiger partial charge in [-0.2, -0.15) is 4.31 Å². The normalized spacial score (nSPS) is 15.2. The average molecular weight is 492 g/mol. The molecule has 1 aliphatic heterocycles. The standard InChI is InChI=1S/C20H21N5O6S2/c1-13-14(2)32-19-18(13)20(27)23(12-21-19)11-17(26)22-7-9-24(10-8-22)33(30,31)16-5-3-15(4-6-16)25(28)29/h3-6,12H,7-11H2,1-2H3. The molecule has 3 heterocycles. The monoisotopic (exact) mass is 491 g/mol. The molecular formula is C20H21N5O6S2. The van der Waals surface area contributed by atoms with Gasteiger partial charge in [0.2, 0.25) is 15.9 Å². The Morgan fingerprint density at radius 2 is 1.79 bits per heavy atom. The van der Waals surface area contributed by atoms with Gasteiger partial charge in [0.15, 0.2) is 0 Å². The number of hydrogen-bond acceptors (Lipinski definition) is 8. The van der Waals surface area contributed by atoms with Gasteiger partial charge in [-0.05, 0) is 31.5 Å². The molecule has 13 heteroatoms. The van der Waals surface area contributed by atoms with Crippen molar-refractivity contribution >= 4 is 43.2 Å². The van der Waals surface area contributed by atoms with Gasteiger partial charge in [0, 0.05) is 43.2 Å². The Labute approximate surface area is 193 Å². The second-order valence-electron chi connectivity index (χ2n) is 7.68. The molecule has 0 aliphatic carbocycles. The predicted octanol–water partition coefficient (Wildman–Crippen LogP) is 1.52. The van der Waals surface area contributed by atoms with Crippen LogP contribution in [0.2, 0.25) is 0 Å². The highest BCUT2D eigenvalue weighted by atomic mass is 32.2. The smallest absolute Gasteiger partial charge is 0.269 e. The summed E-state index contributed by atoms with van der Waals surface area (Å²) in [5.74, 6) is -0.296. The van der Waals surface area contributed by atoms with E-state index in [1.807, 2.05) is 13.8 Å². The first-order valence-electron chi connectivity index (χ1n) is 10.1. The van der Waals surface area contributed by atoms with E-state index in [-0.39, 0.29) is 54.8 Å². The minimum atomic E-state index is -3.84. The highest BCUT2D eigenvalue weighted by Crippen LogP contribution is 2.25. The number of nitro groups is 1. The quantitative estimate of drug-likeness (QED) is 0.390. The summed E-state index contributed by atoms with van der Waals surface area (Å²) in [6, 6.07) is 4.70. The number of benzene rings is 1. The molecule has 0 atom stereocenters. The number of carbonyl (C=O) groups is 1. The number of fused-ring (bicyclic) bond motifs is 1. The highest BCUT2D eigenvalue weighted by molar-refractivity contribution is 7.89. The number of nitro benzene ring substituents is 1. The van der Waals surface area contributed by atoms with E-state index in [4.69, 9.17) is 0 Å². The molecule has 1 fully saturated rings. The van der Waals surface area contributed by atoms with Gasteiger partial charge in [-0.3, -0.25) is 24.3 Å². The maximum absolute atomic E-state index is 12.8. The van der Waals surface area contributed by atoms with E-state index in [0.717, 1.165) is 22.6 Å². The SMILES string of the molecule is Cc1sc2ncn(CC(=O)N3CCN(S(=O)(=O)c4ccc([N+](=O)[O-])cc4)CC3)c(=O)c2c1C. The van der Waals surface area contributed by atoms with Crippen molar-refractivity contribution in [3.63, 3.8) is 0 Å². The first-order chi connectivity index (χ1) is 15.6. The van der Waals surface area contributed by atoms with Crippen LogP contribution in [0.4, 0.5) is 5.69 Å². The fourth-order valence-electron chi connectivity index (χ4n) is 3.70. The third-order valence-electron chi connectivity index (χ3n) is 5.74. The molecule has 0 radical (unpaired) electrons. The molecule has 11 nitrogen and oxygen atoms in total. The van der Waals surface area contributed by atoms with Gasteiger partial charge in [-0.25, -0.2) is 13.4 Å². The molecule has 0 bridgehead atoms. The maximum Gasteiger partial charge on any atom is 0.269 e. The van der Waals surface area contributed by atoms with Crippen LogP contribution in [-0.4, -0.2) is 64.2 Å². The van der Waals surface area contributed by atoms with Gasteiger partial charge in [-0.15, -0.1) is 11.3 Å². The molecule has 0 spiro atoms. The summed E-state index contributed by atoms with van der Waals surface area (Å²) in [7, 11) is -3.84. The number of sulfonamides is 1. The van der Waals surface area contributed by atoms with E-state index in [2.05, 4.69) is 4.98 Å². The largest absolute Gasteiger partial charge is 0.338 e. The lowest BCUT2D eigenvalue weighted by atomic mass is 10.2. The topological polar surface area (TPSA) is 136 Å². The van der Waals surface area contributed by atoms with E-state index < -0.39 is 14.9 Å². The van der Waals surface area contributed by atoms with Crippen LogP contribution in [0.1, 0.15) is 10.4 Å². The number of rotatable bonds is 5. The number of carbonyl (C=O) groups excluding carboxylic acids is 1. The summed E-state index contributed by atoms with van der Waals surface area (Å²) in [4.78, 5) is 43.2. The van der Waals surface area contributed by atoms with Crippen LogP contribution in [0.3, 0.4) is 0 Å². The van der Waals surface area contributed by atoms with Gasteiger partial charge >= 0.3 is 0 Å². The van der Waals surface area contributed by atoms with Crippen molar-refractivity contribution in [1.82, 2.24) is 18.8 Å². The molecule has 1 aliphatic rings. The summed E-state index contributed by atoms with van der Waals surface area (Å²) in [5.41, 5.74) is 0.397. The molecule has 1 saturated heterocycles. The zero-order chi connectivity index (χ0) is 23.9. The molecule has 3 aromatic rings. The lowest BCUT2D eigenvalue weighted by molar-refractivity contribution is -0.384. The van der Waals surface area contributed by atoms with Crippen LogP contribution < -0.4 is 5.56 Å². The molecule has 1 aromatic carbocycles. The van der Waals surface area contributed by atoms with Crippen LogP contribution in [0.25, 0.3) is 10.2 Å². The molecular weight excluding hydrogens is 470 g/mol. The lowest BCUT2D eigenvalue weighted by Crippen LogP contribution is -2.51. The van der Waals surface area contributed by atoms with Gasteiger partial charge in [0.05, 0.1) is 21.5 Å². The zero-order valence-corrected chi connectivity index (χ0v) is 19.6. The van der Waals surface area contributed by atoms with E-state index in [9.17, 15) is 28.1 Å². The van der Waals surface area contributed by atoms with Crippen LogP contribution in [0.15, 0.2) is 40.3 Å². The van der Waals surface area contributed by atoms with Crippen molar-refractivity contribution < 1.29 is 18.1 Å². The number of piperazine rings is 1. The van der Waals surface area contributed by atoms with Crippen molar-refractivity contribution in [2.45, 2.75) is 25.3 Å². The van der Waals surface area contributed by atoms with Crippen LogP contribution in [0.5, 0.6) is 0 Å². The summed E-state index contributed by atoms with van der Waals surface area (Å²) in [6.07, 6.45) is 1.37. The van der Waals surface area contributed by atoms with Crippen molar-refractivity contribution in [2.75, 3.05) is 26.2 Å². The van der Waals surface area contributed by atoms with Crippen molar-refractivity contribution in [2.24, 2.45) is 0 Å². The van der Waals surface area contributed by atoms with E-state index in [0.29, 0.717) is 10.2 Å². The van der Waals surface area contributed by atoms with Crippen LogP contribution in [0, 0.1) is 24.0 Å². The summed E-state index contributed by atoms with van der Waals surface area (Å²) >= 11 is 1.44. The highest BCUT2D eigenvalue weighted by Gasteiger charge is 2.30. The van der Waals surface area contributed by atoms with E-state index in [1.54, 1.807) is 0 Å². The van der Waals surface area contributed by atoms with Gasteiger partial charge < -0.3 is 4.90 Å². The molecule has 0 unspecified atom stereocenters. The lowest BCUT2D eigenvalue weighted by Gasteiger charge is -2.34. The van der Waals surface area contributed by atoms with Crippen molar-refractivity contribution in [3.05, 3.63) is 61.5 Å². The summed E-state index contributed by atoms with van der Waals surface area (Å²) in [6.45, 7) is 4.11. The van der Waals surface area contributed by atoms with Crippen LogP contribution >= 0.6 is 11.3 Å². The molecule has 0 N–H and O–H groups in total.